The number of methoxy groups -OCH3 is 1. The number of ether oxygens (including phenoxy) is 1. The molecule has 1 atom stereocenters. The second kappa shape index (κ2) is 8.56. The Balaban J connectivity index is 1.54. The van der Waals surface area contributed by atoms with Crippen LogP contribution in [-0.2, 0) is 22.6 Å². The fraction of sp³-hybridized carbons (Fsp3) is 0.474. The van der Waals surface area contributed by atoms with E-state index in [4.69, 9.17) is 0 Å². The van der Waals surface area contributed by atoms with E-state index in [1.807, 2.05) is 6.92 Å². The second-order valence-corrected chi connectivity index (χ2v) is 7.83. The van der Waals surface area contributed by atoms with Crippen molar-refractivity contribution >= 4 is 23.6 Å². The van der Waals surface area contributed by atoms with Crippen LogP contribution in [0.15, 0.2) is 29.4 Å². The number of rotatable bonds is 8. The monoisotopic (exact) mass is 388 g/mol. The summed E-state index contributed by atoms with van der Waals surface area (Å²) in [6.07, 6.45) is 2.35. The first-order chi connectivity index (χ1) is 13.0. The smallest absolute Gasteiger partial charge is 0.337 e. The molecule has 1 aliphatic rings. The van der Waals surface area contributed by atoms with Gasteiger partial charge in [0.2, 0.25) is 5.91 Å². The van der Waals surface area contributed by atoms with Gasteiger partial charge in [0, 0.05) is 19.0 Å². The Morgan fingerprint density at radius 2 is 2.00 bits per heavy atom. The molecule has 1 unspecified atom stereocenters. The molecule has 1 aromatic carbocycles. The minimum absolute atomic E-state index is 0.0596. The molecule has 1 N–H and O–H groups in total. The van der Waals surface area contributed by atoms with Gasteiger partial charge in [-0.1, -0.05) is 23.9 Å². The van der Waals surface area contributed by atoms with Crippen molar-refractivity contribution in [3.63, 3.8) is 0 Å². The summed E-state index contributed by atoms with van der Waals surface area (Å²) in [6, 6.07) is 6.99. The number of amides is 1. The van der Waals surface area contributed by atoms with Crippen molar-refractivity contribution in [1.82, 2.24) is 20.1 Å². The lowest BCUT2D eigenvalue weighted by Crippen LogP contribution is -2.30. The molecule has 3 rings (SSSR count). The van der Waals surface area contributed by atoms with Crippen LogP contribution < -0.4 is 5.32 Å². The standard InChI is InChI=1S/C19H24N4O3S/c1-4-23-16(14-9-10-14)21-22-19(23)27-12(2)17(24)20-11-13-5-7-15(8-6-13)18(25)26-3/h5-8,12,14H,4,9-11H2,1-3H3,(H,20,24). The Morgan fingerprint density at radius 1 is 1.30 bits per heavy atom. The van der Waals surface area contributed by atoms with Crippen molar-refractivity contribution in [2.24, 2.45) is 0 Å². The molecule has 1 fully saturated rings. The number of nitrogens with one attached hydrogen (secondary N) is 1. The molecule has 1 aromatic heterocycles. The summed E-state index contributed by atoms with van der Waals surface area (Å²) in [5.74, 6) is 1.14. The SMILES string of the molecule is CCn1c(SC(C)C(=O)NCc2ccc(C(=O)OC)cc2)nnc1C1CC1. The van der Waals surface area contributed by atoms with Crippen molar-refractivity contribution in [2.75, 3.05) is 7.11 Å². The molecule has 0 saturated heterocycles. The number of aromatic nitrogens is 3. The molecule has 0 radical (unpaired) electrons. The minimum Gasteiger partial charge on any atom is -0.465 e. The highest BCUT2D eigenvalue weighted by atomic mass is 32.2. The fourth-order valence-electron chi connectivity index (χ4n) is 2.75. The molecule has 144 valence electrons. The summed E-state index contributed by atoms with van der Waals surface area (Å²) in [5.41, 5.74) is 1.41. The molecule has 27 heavy (non-hydrogen) atoms. The van der Waals surface area contributed by atoms with E-state index in [-0.39, 0.29) is 17.1 Å². The Kier molecular flexibility index (Phi) is 6.15. The zero-order chi connectivity index (χ0) is 19.4. The lowest BCUT2D eigenvalue weighted by Gasteiger charge is -2.13. The number of thioether (sulfide) groups is 1. The summed E-state index contributed by atoms with van der Waals surface area (Å²) in [7, 11) is 1.35. The molecular formula is C19H24N4O3S. The maximum absolute atomic E-state index is 12.4. The van der Waals surface area contributed by atoms with Crippen molar-refractivity contribution < 1.29 is 14.3 Å². The van der Waals surface area contributed by atoms with Crippen LogP contribution in [-0.4, -0.2) is 39.0 Å². The summed E-state index contributed by atoms with van der Waals surface area (Å²) in [6.45, 7) is 5.15. The predicted octanol–water partition coefficient (Wildman–Crippen LogP) is 2.76. The van der Waals surface area contributed by atoms with Gasteiger partial charge in [0.15, 0.2) is 5.16 Å². The Bertz CT molecular complexity index is 815. The van der Waals surface area contributed by atoms with E-state index < -0.39 is 0 Å². The Morgan fingerprint density at radius 3 is 2.59 bits per heavy atom. The van der Waals surface area contributed by atoms with Crippen LogP contribution in [0.3, 0.4) is 0 Å². The van der Waals surface area contributed by atoms with Crippen molar-refractivity contribution in [3.8, 4) is 0 Å². The molecule has 2 aromatic rings. The first-order valence-corrected chi connectivity index (χ1v) is 9.96. The molecule has 0 spiro atoms. The molecule has 1 heterocycles. The van der Waals surface area contributed by atoms with Crippen LogP contribution in [0.2, 0.25) is 0 Å². The number of hydrogen-bond acceptors (Lipinski definition) is 6. The number of hydrogen-bond donors (Lipinski definition) is 1. The highest BCUT2D eigenvalue weighted by Crippen LogP contribution is 2.40. The average molecular weight is 388 g/mol. The van der Waals surface area contributed by atoms with Gasteiger partial charge in [-0.25, -0.2) is 4.79 Å². The Hall–Kier alpha value is -2.35. The third kappa shape index (κ3) is 4.68. The summed E-state index contributed by atoms with van der Waals surface area (Å²) in [5, 5.41) is 12.0. The van der Waals surface area contributed by atoms with Crippen LogP contribution in [0.5, 0.6) is 0 Å². The van der Waals surface area contributed by atoms with Gasteiger partial charge in [0.25, 0.3) is 0 Å². The maximum atomic E-state index is 12.4. The number of carbonyl (C=O) groups excluding carboxylic acids is 2. The van der Waals surface area contributed by atoms with Crippen LogP contribution >= 0.6 is 11.8 Å². The van der Waals surface area contributed by atoms with Gasteiger partial charge >= 0.3 is 5.97 Å². The first-order valence-electron chi connectivity index (χ1n) is 9.08. The number of benzene rings is 1. The molecule has 0 bridgehead atoms. The second-order valence-electron chi connectivity index (χ2n) is 6.53. The van der Waals surface area contributed by atoms with E-state index in [1.165, 1.54) is 31.7 Å². The fourth-order valence-corrected chi connectivity index (χ4v) is 3.69. The van der Waals surface area contributed by atoms with Gasteiger partial charge in [-0.05, 0) is 44.4 Å². The molecular weight excluding hydrogens is 364 g/mol. The van der Waals surface area contributed by atoms with Gasteiger partial charge in [-0.3, -0.25) is 4.79 Å². The highest BCUT2D eigenvalue weighted by Gasteiger charge is 2.30. The molecule has 7 nitrogen and oxygen atoms in total. The number of esters is 1. The van der Waals surface area contributed by atoms with Gasteiger partial charge in [-0.15, -0.1) is 10.2 Å². The largest absolute Gasteiger partial charge is 0.465 e. The van der Waals surface area contributed by atoms with E-state index in [2.05, 4.69) is 31.7 Å². The van der Waals surface area contributed by atoms with E-state index in [9.17, 15) is 9.59 Å². The van der Waals surface area contributed by atoms with E-state index in [1.54, 1.807) is 24.3 Å². The first kappa shape index (κ1) is 19.4. The van der Waals surface area contributed by atoms with Gasteiger partial charge in [-0.2, -0.15) is 0 Å². The normalized spacial score (nSPS) is 14.6. The lowest BCUT2D eigenvalue weighted by molar-refractivity contribution is -0.120. The summed E-state index contributed by atoms with van der Waals surface area (Å²) >= 11 is 1.43. The van der Waals surface area contributed by atoms with Gasteiger partial charge < -0.3 is 14.6 Å². The summed E-state index contributed by atoms with van der Waals surface area (Å²) < 4.78 is 6.79. The van der Waals surface area contributed by atoms with Crippen molar-refractivity contribution in [1.29, 1.82) is 0 Å². The molecule has 1 saturated carbocycles. The minimum atomic E-state index is -0.374. The van der Waals surface area contributed by atoms with Gasteiger partial charge in [0.05, 0.1) is 17.9 Å². The van der Waals surface area contributed by atoms with Crippen LogP contribution in [0.25, 0.3) is 0 Å². The van der Waals surface area contributed by atoms with E-state index >= 15 is 0 Å². The van der Waals surface area contributed by atoms with Crippen LogP contribution in [0, 0.1) is 0 Å². The highest BCUT2D eigenvalue weighted by molar-refractivity contribution is 8.00. The lowest BCUT2D eigenvalue weighted by atomic mass is 10.1. The van der Waals surface area contributed by atoms with Gasteiger partial charge in [0.1, 0.15) is 5.82 Å². The third-order valence-electron chi connectivity index (χ3n) is 4.50. The molecule has 0 aliphatic heterocycles. The zero-order valence-corrected chi connectivity index (χ0v) is 16.6. The van der Waals surface area contributed by atoms with E-state index in [0.29, 0.717) is 18.0 Å². The van der Waals surface area contributed by atoms with Crippen molar-refractivity contribution in [2.45, 2.75) is 56.1 Å². The molecule has 1 amide bonds. The number of carbonyl (C=O) groups is 2. The van der Waals surface area contributed by atoms with Crippen LogP contribution in [0.4, 0.5) is 0 Å². The van der Waals surface area contributed by atoms with E-state index in [0.717, 1.165) is 23.1 Å². The zero-order valence-electron chi connectivity index (χ0n) is 15.8. The van der Waals surface area contributed by atoms with Crippen molar-refractivity contribution in [3.05, 3.63) is 41.2 Å². The topological polar surface area (TPSA) is 86.1 Å². The third-order valence-corrected chi connectivity index (χ3v) is 5.58. The molecule has 8 heteroatoms. The number of nitrogens with zero attached hydrogens (tertiary/aromatic N) is 3. The summed E-state index contributed by atoms with van der Waals surface area (Å²) in [4.78, 5) is 23.9. The average Bonchev–Trinajstić information content (AvgIpc) is 3.46. The predicted molar refractivity (Wildman–Crippen MR) is 103 cm³/mol. The molecule has 1 aliphatic carbocycles. The Labute approximate surface area is 162 Å². The maximum Gasteiger partial charge on any atom is 0.337 e. The quantitative estimate of drug-likeness (QED) is 0.553. The van der Waals surface area contributed by atoms with Crippen LogP contribution in [0.1, 0.15) is 54.4 Å².